The van der Waals surface area contributed by atoms with Crippen LogP contribution in [0.2, 0.25) is 0 Å². The molecule has 0 amide bonds. The maximum absolute atomic E-state index is 9.61. The second-order valence-electron chi connectivity index (χ2n) is 14.4. The lowest BCUT2D eigenvalue weighted by Crippen LogP contribution is -2.14. The largest absolute Gasteiger partial charge is 0.309 e. The normalized spacial score (nSPS) is 12.8. The molecule has 0 radical (unpaired) electrons. The molecule has 9 aromatic rings. The van der Waals surface area contributed by atoms with Crippen LogP contribution in [0.25, 0.3) is 83.9 Å². The summed E-state index contributed by atoms with van der Waals surface area (Å²) in [5, 5.41) is 12.0. The van der Waals surface area contributed by atoms with Crippen LogP contribution in [0.5, 0.6) is 0 Å². The predicted octanol–water partition coefficient (Wildman–Crippen LogP) is 11.8. The molecule has 0 aliphatic heterocycles. The van der Waals surface area contributed by atoms with Gasteiger partial charge in [0.05, 0.1) is 22.7 Å². The average molecular weight is 692 g/mol. The van der Waals surface area contributed by atoms with Crippen LogP contribution in [-0.4, -0.2) is 19.5 Å². The smallest absolute Gasteiger partial charge is 0.164 e. The Morgan fingerprint density at radius 3 is 1.78 bits per heavy atom. The van der Waals surface area contributed by atoms with Crippen molar-refractivity contribution in [2.75, 3.05) is 0 Å². The molecule has 254 valence electrons. The highest BCUT2D eigenvalue weighted by atomic mass is 15.0. The molecule has 5 nitrogen and oxygen atoms in total. The Morgan fingerprint density at radius 2 is 1.09 bits per heavy atom. The molecular formula is C49H33N5. The Morgan fingerprint density at radius 1 is 0.500 bits per heavy atom. The summed E-state index contributed by atoms with van der Waals surface area (Å²) in [6.07, 6.45) is 0. The van der Waals surface area contributed by atoms with Gasteiger partial charge in [-0.25, -0.2) is 15.0 Å². The van der Waals surface area contributed by atoms with E-state index in [2.05, 4.69) is 103 Å². The molecule has 5 heteroatoms. The van der Waals surface area contributed by atoms with Crippen molar-refractivity contribution >= 4 is 21.8 Å². The molecule has 7 aromatic carbocycles. The number of nitrogens with zero attached hydrogens (tertiary/aromatic N) is 5. The molecule has 2 heterocycles. The summed E-state index contributed by atoms with van der Waals surface area (Å²) in [4.78, 5) is 15.3. The first-order valence-electron chi connectivity index (χ1n) is 18.2. The summed E-state index contributed by atoms with van der Waals surface area (Å²) in [7, 11) is 0. The van der Waals surface area contributed by atoms with Crippen LogP contribution in [-0.2, 0) is 5.41 Å². The summed E-state index contributed by atoms with van der Waals surface area (Å²) < 4.78 is 2.43. The van der Waals surface area contributed by atoms with Gasteiger partial charge in [-0.3, -0.25) is 0 Å². The van der Waals surface area contributed by atoms with Gasteiger partial charge in [-0.2, -0.15) is 5.26 Å². The van der Waals surface area contributed by atoms with Crippen LogP contribution < -0.4 is 0 Å². The highest BCUT2D eigenvalue weighted by Gasteiger charge is 2.37. The molecule has 0 atom stereocenters. The maximum atomic E-state index is 9.61. The zero-order valence-electron chi connectivity index (χ0n) is 29.8. The van der Waals surface area contributed by atoms with Crippen LogP contribution in [0, 0.1) is 11.3 Å². The van der Waals surface area contributed by atoms with Crippen LogP contribution in [0.15, 0.2) is 164 Å². The minimum absolute atomic E-state index is 0.149. The van der Waals surface area contributed by atoms with E-state index in [-0.39, 0.29) is 5.41 Å². The average Bonchev–Trinajstić information content (AvgIpc) is 3.70. The van der Waals surface area contributed by atoms with Crippen molar-refractivity contribution in [3.8, 4) is 68.2 Å². The molecule has 0 unspecified atom stereocenters. The van der Waals surface area contributed by atoms with Gasteiger partial charge in [-0.15, -0.1) is 0 Å². The monoisotopic (exact) mass is 691 g/mol. The molecule has 0 N–H and O–H groups in total. The van der Waals surface area contributed by atoms with Gasteiger partial charge in [-0.1, -0.05) is 141 Å². The number of fused-ring (bicyclic) bond motifs is 7. The van der Waals surface area contributed by atoms with Gasteiger partial charge in [0.2, 0.25) is 0 Å². The zero-order valence-corrected chi connectivity index (χ0v) is 29.8. The lowest BCUT2D eigenvalue weighted by molar-refractivity contribution is 0.661. The molecule has 1 aliphatic rings. The van der Waals surface area contributed by atoms with Crippen molar-refractivity contribution in [3.63, 3.8) is 0 Å². The summed E-state index contributed by atoms with van der Waals surface area (Å²) in [5.74, 6) is 1.80. The first kappa shape index (κ1) is 31.6. The molecule has 2 aromatic heterocycles. The fourth-order valence-electron chi connectivity index (χ4n) is 8.22. The van der Waals surface area contributed by atoms with Crippen molar-refractivity contribution < 1.29 is 0 Å². The standard InChI is InChI=1S/C49H33N5/c1-49(2)41-19-11-9-18-40(41)44-42(49)26-25-39-38-17-10-12-20-43(38)54(45(39)44)37-28-35(32-23-21-31(30-50)22-24-32)27-36(29-37)48-52-46(33-13-5-3-6-14-33)51-47(53-48)34-15-7-4-8-16-34/h3-29H,1-2H3. The lowest BCUT2D eigenvalue weighted by Gasteiger charge is -2.21. The zero-order chi connectivity index (χ0) is 36.4. The van der Waals surface area contributed by atoms with Crippen LogP contribution in [0.3, 0.4) is 0 Å². The highest BCUT2D eigenvalue weighted by molar-refractivity contribution is 6.15. The van der Waals surface area contributed by atoms with E-state index in [1.165, 1.54) is 38.5 Å². The molecule has 0 saturated carbocycles. The summed E-state index contributed by atoms with van der Waals surface area (Å²) in [6.45, 7) is 4.66. The predicted molar refractivity (Wildman–Crippen MR) is 218 cm³/mol. The number of hydrogen-bond donors (Lipinski definition) is 0. The molecule has 10 rings (SSSR count). The molecule has 0 saturated heterocycles. The number of para-hydroxylation sites is 1. The molecule has 0 fully saturated rings. The number of nitriles is 1. The second kappa shape index (κ2) is 12.2. The third-order valence-electron chi connectivity index (χ3n) is 10.9. The van der Waals surface area contributed by atoms with Crippen molar-refractivity contribution in [2.24, 2.45) is 0 Å². The number of aromatic nitrogens is 4. The van der Waals surface area contributed by atoms with Crippen molar-refractivity contribution in [2.45, 2.75) is 19.3 Å². The van der Waals surface area contributed by atoms with Gasteiger partial charge in [0, 0.05) is 44.1 Å². The third kappa shape index (κ3) is 4.96. The number of benzene rings is 7. The van der Waals surface area contributed by atoms with Crippen LogP contribution in [0.4, 0.5) is 0 Å². The molecule has 1 aliphatic carbocycles. The SMILES string of the molecule is CC1(C)c2ccccc2-c2c1ccc1c3ccccc3n(-c3cc(-c4ccc(C#N)cc4)cc(-c4nc(-c5ccccc5)nc(-c5ccccc5)n4)c3)c21. The summed E-state index contributed by atoms with van der Waals surface area (Å²) in [5.41, 5.74) is 13.7. The number of hydrogen-bond acceptors (Lipinski definition) is 4. The van der Waals surface area contributed by atoms with Crippen molar-refractivity contribution in [1.82, 2.24) is 19.5 Å². The molecule has 0 spiro atoms. The van der Waals surface area contributed by atoms with Crippen LogP contribution >= 0.6 is 0 Å². The van der Waals surface area contributed by atoms with E-state index in [9.17, 15) is 5.26 Å². The Bertz CT molecular complexity index is 2890. The highest BCUT2D eigenvalue weighted by Crippen LogP contribution is 2.53. The quantitative estimate of drug-likeness (QED) is 0.180. The third-order valence-corrected chi connectivity index (χ3v) is 10.9. The van der Waals surface area contributed by atoms with Crippen molar-refractivity contribution in [1.29, 1.82) is 5.26 Å². The maximum Gasteiger partial charge on any atom is 0.164 e. The van der Waals surface area contributed by atoms with E-state index in [4.69, 9.17) is 15.0 Å². The summed E-state index contributed by atoms with van der Waals surface area (Å²) in [6, 6.07) is 58.9. The van der Waals surface area contributed by atoms with E-state index in [0.29, 0.717) is 23.0 Å². The van der Waals surface area contributed by atoms with Gasteiger partial charge < -0.3 is 4.57 Å². The lowest BCUT2D eigenvalue weighted by atomic mass is 9.82. The van der Waals surface area contributed by atoms with Gasteiger partial charge in [0.25, 0.3) is 0 Å². The Balaban J connectivity index is 1.30. The van der Waals surface area contributed by atoms with Gasteiger partial charge in [-0.05, 0) is 64.2 Å². The van der Waals surface area contributed by atoms with E-state index in [0.717, 1.165) is 39.0 Å². The first-order chi connectivity index (χ1) is 26.5. The second-order valence-corrected chi connectivity index (χ2v) is 14.4. The molecular weight excluding hydrogens is 659 g/mol. The fraction of sp³-hybridized carbons (Fsp3) is 0.0612. The first-order valence-corrected chi connectivity index (χ1v) is 18.2. The van der Waals surface area contributed by atoms with Crippen LogP contribution in [0.1, 0.15) is 30.5 Å². The molecule has 54 heavy (non-hydrogen) atoms. The van der Waals surface area contributed by atoms with E-state index in [1.807, 2.05) is 84.9 Å². The number of rotatable bonds is 5. The molecule has 0 bridgehead atoms. The van der Waals surface area contributed by atoms with Gasteiger partial charge in [0.1, 0.15) is 0 Å². The minimum atomic E-state index is -0.149. The van der Waals surface area contributed by atoms with E-state index >= 15 is 0 Å². The van der Waals surface area contributed by atoms with E-state index < -0.39 is 0 Å². The Labute approximate surface area is 313 Å². The Hall–Kier alpha value is -7.16. The van der Waals surface area contributed by atoms with Gasteiger partial charge in [0.15, 0.2) is 17.5 Å². The summed E-state index contributed by atoms with van der Waals surface area (Å²) >= 11 is 0. The fourth-order valence-corrected chi connectivity index (χ4v) is 8.22. The van der Waals surface area contributed by atoms with E-state index in [1.54, 1.807) is 0 Å². The van der Waals surface area contributed by atoms with Gasteiger partial charge >= 0.3 is 0 Å². The van der Waals surface area contributed by atoms with Crippen molar-refractivity contribution in [3.05, 3.63) is 180 Å². The Kier molecular flexibility index (Phi) is 7.14. The minimum Gasteiger partial charge on any atom is -0.309 e. The topological polar surface area (TPSA) is 67.4 Å².